The fourth-order valence-electron chi connectivity index (χ4n) is 3.13. The number of amides is 1. The number of carbonyl (C=O) groups excluding carboxylic acids is 1. The van der Waals surface area contributed by atoms with Crippen LogP contribution in [0.15, 0.2) is 0 Å². The molecule has 0 aromatic heterocycles. The summed E-state index contributed by atoms with van der Waals surface area (Å²) in [7, 11) is 0. The molecule has 1 aliphatic heterocycles. The Morgan fingerprint density at radius 3 is 2.33 bits per heavy atom. The molecule has 18 heavy (non-hydrogen) atoms. The number of halogens is 1. The molecule has 0 spiro atoms. The molecule has 2 aliphatic rings. The van der Waals surface area contributed by atoms with Crippen LogP contribution in [0, 0.1) is 0 Å². The van der Waals surface area contributed by atoms with E-state index in [2.05, 4.69) is 4.90 Å². The lowest BCUT2D eigenvalue weighted by Crippen LogP contribution is -2.51. The standard InChI is InChI=1S/C14H25ClN2O/c15-8-4-3-7-14(18)17-11-9-16(10-12-17)13-5-1-2-6-13/h13H,1-12H2. The van der Waals surface area contributed by atoms with Gasteiger partial charge in [0.2, 0.25) is 5.91 Å². The minimum atomic E-state index is 0.325. The molecule has 1 heterocycles. The largest absolute Gasteiger partial charge is 0.340 e. The van der Waals surface area contributed by atoms with E-state index < -0.39 is 0 Å². The van der Waals surface area contributed by atoms with E-state index in [1.807, 2.05) is 4.90 Å². The van der Waals surface area contributed by atoms with Gasteiger partial charge in [-0.1, -0.05) is 12.8 Å². The number of rotatable bonds is 5. The Balaban J connectivity index is 1.67. The lowest BCUT2D eigenvalue weighted by molar-refractivity contribution is -0.133. The Hall–Kier alpha value is -0.280. The summed E-state index contributed by atoms with van der Waals surface area (Å²) >= 11 is 5.63. The van der Waals surface area contributed by atoms with Crippen LogP contribution in [0.3, 0.4) is 0 Å². The van der Waals surface area contributed by atoms with Crippen molar-refractivity contribution in [2.45, 2.75) is 51.0 Å². The van der Waals surface area contributed by atoms with Crippen LogP contribution >= 0.6 is 11.6 Å². The quantitative estimate of drug-likeness (QED) is 0.567. The third-order valence-corrected chi connectivity index (χ3v) is 4.55. The monoisotopic (exact) mass is 272 g/mol. The van der Waals surface area contributed by atoms with Gasteiger partial charge in [0.1, 0.15) is 0 Å². The van der Waals surface area contributed by atoms with E-state index in [-0.39, 0.29) is 0 Å². The van der Waals surface area contributed by atoms with E-state index in [9.17, 15) is 4.79 Å². The van der Waals surface area contributed by atoms with Crippen molar-refractivity contribution in [2.24, 2.45) is 0 Å². The van der Waals surface area contributed by atoms with Crippen LogP contribution in [-0.2, 0) is 4.79 Å². The number of unbranched alkanes of at least 4 members (excludes halogenated alkanes) is 1. The maximum Gasteiger partial charge on any atom is 0.222 e. The van der Waals surface area contributed by atoms with E-state index in [0.29, 0.717) is 18.2 Å². The first-order valence-electron chi connectivity index (χ1n) is 7.39. The van der Waals surface area contributed by atoms with Gasteiger partial charge in [-0.25, -0.2) is 0 Å². The van der Waals surface area contributed by atoms with Gasteiger partial charge in [0.05, 0.1) is 0 Å². The minimum absolute atomic E-state index is 0.325. The van der Waals surface area contributed by atoms with Crippen LogP contribution < -0.4 is 0 Å². The summed E-state index contributed by atoms with van der Waals surface area (Å²) in [6.45, 7) is 4.00. The van der Waals surface area contributed by atoms with Gasteiger partial charge in [-0.05, 0) is 25.7 Å². The van der Waals surface area contributed by atoms with E-state index >= 15 is 0 Å². The molecule has 0 N–H and O–H groups in total. The number of hydrogen-bond acceptors (Lipinski definition) is 2. The topological polar surface area (TPSA) is 23.6 Å². The zero-order valence-corrected chi connectivity index (χ0v) is 12.0. The lowest BCUT2D eigenvalue weighted by atomic mass is 10.1. The summed E-state index contributed by atoms with van der Waals surface area (Å²) in [4.78, 5) is 16.6. The third kappa shape index (κ3) is 3.86. The van der Waals surface area contributed by atoms with Gasteiger partial charge in [-0.2, -0.15) is 0 Å². The molecule has 0 radical (unpaired) electrons. The smallest absolute Gasteiger partial charge is 0.222 e. The van der Waals surface area contributed by atoms with Crippen molar-refractivity contribution < 1.29 is 4.79 Å². The second-order valence-electron chi connectivity index (χ2n) is 5.50. The molecule has 3 nitrogen and oxygen atoms in total. The van der Waals surface area contributed by atoms with Crippen molar-refractivity contribution in [2.75, 3.05) is 32.1 Å². The molecule has 0 unspecified atom stereocenters. The van der Waals surface area contributed by atoms with Crippen molar-refractivity contribution in [1.29, 1.82) is 0 Å². The van der Waals surface area contributed by atoms with E-state index in [0.717, 1.165) is 45.1 Å². The van der Waals surface area contributed by atoms with Gasteiger partial charge in [0.15, 0.2) is 0 Å². The van der Waals surface area contributed by atoms with Crippen molar-refractivity contribution in [3.8, 4) is 0 Å². The summed E-state index contributed by atoms with van der Waals surface area (Å²) in [5, 5.41) is 0. The molecular formula is C14H25ClN2O. The van der Waals surface area contributed by atoms with Crippen LogP contribution in [-0.4, -0.2) is 53.8 Å². The van der Waals surface area contributed by atoms with Gasteiger partial charge in [0, 0.05) is 44.5 Å². The Morgan fingerprint density at radius 2 is 1.72 bits per heavy atom. The second kappa shape index (κ2) is 7.34. The maximum atomic E-state index is 12.0. The third-order valence-electron chi connectivity index (χ3n) is 4.28. The van der Waals surface area contributed by atoms with Crippen LogP contribution in [0.5, 0.6) is 0 Å². The van der Waals surface area contributed by atoms with Gasteiger partial charge < -0.3 is 4.90 Å². The summed E-state index contributed by atoms with van der Waals surface area (Å²) in [6.07, 6.45) is 8.08. The molecule has 1 saturated heterocycles. The summed E-state index contributed by atoms with van der Waals surface area (Å²) in [5.41, 5.74) is 0. The molecule has 0 bridgehead atoms. The van der Waals surface area contributed by atoms with Crippen molar-refractivity contribution in [3.63, 3.8) is 0 Å². The Labute approximate surface area is 115 Å². The molecule has 0 aromatic rings. The number of alkyl halides is 1. The highest BCUT2D eigenvalue weighted by molar-refractivity contribution is 6.17. The molecule has 1 aliphatic carbocycles. The first-order valence-corrected chi connectivity index (χ1v) is 7.92. The number of nitrogens with zero attached hydrogens (tertiary/aromatic N) is 2. The lowest BCUT2D eigenvalue weighted by Gasteiger charge is -2.38. The normalized spacial score (nSPS) is 22.6. The first-order chi connectivity index (χ1) is 8.81. The van der Waals surface area contributed by atoms with E-state index in [4.69, 9.17) is 11.6 Å². The highest BCUT2D eigenvalue weighted by atomic mass is 35.5. The van der Waals surface area contributed by atoms with E-state index in [1.165, 1.54) is 25.7 Å². The fourth-order valence-corrected chi connectivity index (χ4v) is 3.32. The van der Waals surface area contributed by atoms with Crippen LogP contribution in [0.4, 0.5) is 0 Å². The second-order valence-corrected chi connectivity index (χ2v) is 5.88. The van der Waals surface area contributed by atoms with Crippen molar-refractivity contribution in [3.05, 3.63) is 0 Å². The average Bonchev–Trinajstić information content (AvgIpc) is 2.93. The van der Waals surface area contributed by atoms with Gasteiger partial charge in [-0.15, -0.1) is 11.6 Å². The summed E-state index contributed by atoms with van der Waals surface area (Å²) in [5.74, 6) is 0.995. The van der Waals surface area contributed by atoms with Crippen LogP contribution in [0.1, 0.15) is 44.9 Å². The van der Waals surface area contributed by atoms with E-state index in [1.54, 1.807) is 0 Å². The molecule has 1 amide bonds. The van der Waals surface area contributed by atoms with Crippen LogP contribution in [0.2, 0.25) is 0 Å². The molecule has 104 valence electrons. The van der Waals surface area contributed by atoms with Crippen LogP contribution in [0.25, 0.3) is 0 Å². The minimum Gasteiger partial charge on any atom is -0.340 e. The predicted octanol–water partition coefficient (Wildman–Crippen LogP) is 2.48. The summed E-state index contributed by atoms with van der Waals surface area (Å²) in [6, 6.07) is 0.804. The average molecular weight is 273 g/mol. The SMILES string of the molecule is O=C(CCCCCl)N1CCN(C2CCCC2)CC1. The molecule has 4 heteroatoms. The highest BCUT2D eigenvalue weighted by Crippen LogP contribution is 2.24. The Bertz CT molecular complexity index is 259. The zero-order chi connectivity index (χ0) is 12.8. The molecule has 1 saturated carbocycles. The fraction of sp³-hybridized carbons (Fsp3) is 0.929. The number of hydrogen-bond donors (Lipinski definition) is 0. The first kappa shape index (κ1) is 14.1. The van der Waals surface area contributed by atoms with Gasteiger partial charge >= 0.3 is 0 Å². The predicted molar refractivity (Wildman–Crippen MR) is 75.0 cm³/mol. The maximum absolute atomic E-state index is 12.0. The Kier molecular flexibility index (Phi) is 5.77. The zero-order valence-electron chi connectivity index (χ0n) is 11.2. The molecule has 2 fully saturated rings. The molecule has 0 atom stereocenters. The van der Waals surface area contributed by atoms with Gasteiger partial charge in [0.25, 0.3) is 0 Å². The Morgan fingerprint density at radius 1 is 1.06 bits per heavy atom. The molecule has 2 rings (SSSR count). The highest BCUT2D eigenvalue weighted by Gasteiger charge is 2.27. The number of piperazine rings is 1. The summed E-state index contributed by atoms with van der Waals surface area (Å²) < 4.78 is 0. The number of carbonyl (C=O) groups is 1. The molecular weight excluding hydrogens is 248 g/mol. The van der Waals surface area contributed by atoms with Crippen molar-refractivity contribution in [1.82, 2.24) is 9.80 Å². The van der Waals surface area contributed by atoms with Gasteiger partial charge in [-0.3, -0.25) is 9.69 Å². The van der Waals surface area contributed by atoms with Crippen molar-refractivity contribution >= 4 is 17.5 Å². The molecule has 0 aromatic carbocycles.